The first-order valence-electron chi connectivity index (χ1n) is 6.27. The van der Waals surface area contributed by atoms with Crippen molar-refractivity contribution in [2.45, 2.75) is 25.3 Å². The van der Waals surface area contributed by atoms with Gasteiger partial charge in [-0.25, -0.2) is 8.42 Å². The van der Waals surface area contributed by atoms with Crippen LogP contribution < -0.4 is 0 Å². The summed E-state index contributed by atoms with van der Waals surface area (Å²) in [6.07, 6.45) is 1.42. The summed E-state index contributed by atoms with van der Waals surface area (Å²) in [7, 11) is -3.50. The molecular formula is C13H17NO4S. The third-order valence-corrected chi connectivity index (χ3v) is 5.21. The van der Waals surface area contributed by atoms with Gasteiger partial charge in [-0.1, -0.05) is 30.3 Å². The molecule has 19 heavy (non-hydrogen) atoms. The van der Waals surface area contributed by atoms with Gasteiger partial charge in [-0.3, -0.25) is 4.79 Å². The van der Waals surface area contributed by atoms with E-state index in [9.17, 15) is 13.2 Å². The Kier molecular flexibility index (Phi) is 4.21. The molecule has 0 saturated carbocycles. The molecular weight excluding hydrogens is 266 g/mol. The maximum atomic E-state index is 12.2. The van der Waals surface area contributed by atoms with Crippen LogP contribution in [-0.2, 0) is 21.2 Å². The number of rotatable bonds is 5. The highest BCUT2D eigenvalue weighted by Gasteiger charge is 2.38. The van der Waals surface area contributed by atoms with E-state index in [4.69, 9.17) is 5.11 Å². The summed E-state index contributed by atoms with van der Waals surface area (Å²) in [4.78, 5) is 11.0. The van der Waals surface area contributed by atoms with Crippen molar-refractivity contribution in [2.75, 3.05) is 12.3 Å². The van der Waals surface area contributed by atoms with Gasteiger partial charge in [0.05, 0.1) is 5.75 Å². The van der Waals surface area contributed by atoms with E-state index in [0.717, 1.165) is 9.87 Å². The average molecular weight is 283 g/mol. The number of hydrogen-bond donors (Lipinski definition) is 1. The van der Waals surface area contributed by atoms with E-state index >= 15 is 0 Å². The molecule has 0 amide bonds. The highest BCUT2D eigenvalue weighted by Crippen LogP contribution is 2.22. The van der Waals surface area contributed by atoms with Crippen LogP contribution in [0.25, 0.3) is 0 Å². The van der Waals surface area contributed by atoms with E-state index in [1.165, 1.54) is 0 Å². The predicted octanol–water partition coefficient (Wildman–Crippen LogP) is 1.11. The summed E-state index contributed by atoms with van der Waals surface area (Å²) in [5.41, 5.74) is 0.942. The van der Waals surface area contributed by atoms with Crippen molar-refractivity contribution in [3.05, 3.63) is 35.9 Å². The van der Waals surface area contributed by atoms with Crippen LogP contribution in [0.15, 0.2) is 30.3 Å². The number of sulfonamides is 1. The van der Waals surface area contributed by atoms with Crippen molar-refractivity contribution in [2.24, 2.45) is 0 Å². The Morgan fingerprint density at radius 1 is 1.32 bits per heavy atom. The van der Waals surface area contributed by atoms with E-state index in [-0.39, 0.29) is 5.75 Å². The molecule has 1 aromatic rings. The molecule has 2 rings (SSSR count). The summed E-state index contributed by atoms with van der Waals surface area (Å²) in [6, 6.07) is 8.44. The van der Waals surface area contributed by atoms with Gasteiger partial charge >= 0.3 is 5.97 Å². The number of benzene rings is 1. The molecule has 104 valence electrons. The Morgan fingerprint density at radius 3 is 2.63 bits per heavy atom. The van der Waals surface area contributed by atoms with Crippen LogP contribution in [-0.4, -0.2) is 42.1 Å². The second-order valence-electron chi connectivity index (χ2n) is 4.66. The molecule has 0 radical (unpaired) electrons. The van der Waals surface area contributed by atoms with Crippen LogP contribution >= 0.6 is 0 Å². The standard InChI is InChI=1S/C13H17NO4S/c15-13(16)12-7-4-9-14(12)19(17,18)10-8-11-5-2-1-3-6-11/h1-3,5-6,12H,4,7-10H2,(H,15,16)/t12-/m0/s1. The maximum Gasteiger partial charge on any atom is 0.322 e. The van der Waals surface area contributed by atoms with Crippen LogP contribution in [0.4, 0.5) is 0 Å². The van der Waals surface area contributed by atoms with Gasteiger partial charge in [0.2, 0.25) is 10.0 Å². The third kappa shape index (κ3) is 3.33. The van der Waals surface area contributed by atoms with Crippen molar-refractivity contribution in [3.63, 3.8) is 0 Å². The largest absolute Gasteiger partial charge is 0.480 e. The summed E-state index contributed by atoms with van der Waals surface area (Å²) >= 11 is 0. The van der Waals surface area contributed by atoms with Gasteiger partial charge in [0, 0.05) is 6.54 Å². The molecule has 0 aromatic heterocycles. The fourth-order valence-electron chi connectivity index (χ4n) is 2.33. The van der Waals surface area contributed by atoms with Crippen LogP contribution in [0.1, 0.15) is 18.4 Å². The predicted molar refractivity (Wildman–Crippen MR) is 71.3 cm³/mol. The first kappa shape index (κ1) is 14.0. The number of aliphatic carboxylic acids is 1. The van der Waals surface area contributed by atoms with Crippen LogP contribution in [0, 0.1) is 0 Å². The lowest BCUT2D eigenvalue weighted by Gasteiger charge is -2.20. The number of carboxylic acid groups (broad SMARTS) is 1. The quantitative estimate of drug-likeness (QED) is 0.878. The molecule has 1 N–H and O–H groups in total. The van der Waals surface area contributed by atoms with Crippen molar-refractivity contribution >= 4 is 16.0 Å². The lowest BCUT2D eigenvalue weighted by molar-refractivity contribution is -0.140. The normalized spacial score (nSPS) is 20.5. The second-order valence-corrected chi connectivity index (χ2v) is 6.70. The second kappa shape index (κ2) is 5.71. The Hall–Kier alpha value is -1.40. The Balaban J connectivity index is 2.04. The lowest BCUT2D eigenvalue weighted by Crippen LogP contribution is -2.41. The number of carbonyl (C=O) groups is 1. The molecule has 1 atom stereocenters. The number of aryl methyl sites for hydroxylation is 1. The highest BCUT2D eigenvalue weighted by atomic mass is 32.2. The molecule has 6 heteroatoms. The third-order valence-electron chi connectivity index (χ3n) is 3.34. The van der Waals surface area contributed by atoms with Crippen molar-refractivity contribution in [1.29, 1.82) is 0 Å². The number of carboxylic acids is 1. The smallest absolute Gasteiger partial charge is 0.322 e. The number of hydrogen-bond acceptors (Lipinski definition) is 3. The SMILES string of the molecule is O=C(O)[C@@H]1CCCN1S(=O)(=O)CCc1ccccc1. The van der Waals surface area contributed by atoms with E-state index < -0.39 is 22.0 Å². The minimum atomic E-state index is -3.50. The highest BCUT2D eigenvalue weighted by molar-refractivity contribution is 7.89. The van der Waals surface area contributed by atoms with Gasteiger partial charge in [0.1, 0.15) is 6.04 Å². The lowest BCUT2D eigenvalue weighted by atomic mass is 10.2. The molecule has 1 fully saturated rings. The molecule has 0 aliphatic carbocycles. The fourth-order valence-corrected chi connectivity index (χ4v) is 4.05. The van der Waals surface area contributed by atoms with Crippen molar-refractivity contribution in [1.82, 2.24) is 4.31 Å². The molecule has 1 aliphatic rings. The molecule has 0 spiro atoms. The van der Waals surface area contributed by atoms with Gasteiger partial charge in [0.25, 0.3) is 0 Å². The number of nitrogens with zero attached hydrogens (tertiary/aromatic N) is 1. The topological polar surface area (TPSA) is 74.7 Å². The Labute approximate surface area is 112 Å². The minimum Gasteiger partial charge on any atom is -0.480 e. The zero-order valence-electron chi connectivity index (χ0n) is 10.5. The first-order chi connectivity index (χ1) is 9.00. The molecule has 0 unspecified atom stereocenters. The summed E-state index contributed by atoms with van der Waals surface area (Å²) in [5.74, 6) is -1.10. The zero-order chi connectivity index (χ0) is 13.9. The van der Waals surface area contributed by atoms with Gasteiger partial charge in [-0.15, -0.1) is 0 Å². The fraction of sp³-hybridized carbons (Fsp3) is 0.462. The van der Waals surface area contributed by atoms with E-state index in [1.54, 1.807) is 0 Å². The van der Waals surface area contributed by atoms with Gasteiger partial charge in [-0.2, -0.15) is 4.31 Å². The van der Waals surface area contributed by atoms with Crippen LogP contribution in [0.5, 0.6) is 0 Å². The molecule has 1 aliphatic heterocycles. The molecule has 1 saturated heterocycles. The molecule has 5 nitrogen and oxygen atoms in total. The van der Waals surface area contributed by atoms with Crippen molar-refractivity contribution < 1.29 is 18.3 Å². The average Bonchev–Trinajstić information content (AvgIpc) is 2.88. The summed E-state index contributed by atoms with van der Waals surface area (Å²) < 4.78 is 25.5. The van der Waals surface area contributed by atoms with Crippen molar-refractivity contribution in [3.8, 4) is 0 Å². The van der Waals surface area contributed by atoms with E-state index in [2.05, 4.69) is 0 Å². The summed E-state index contributed by atoms with van der Waals surface area (Å²) in [5, 5.41) is 9.03. The van der Waals surface area contributed by atoms with E-state index in [0.29, 0.717) is 25.8 Å². The molecule has 0 bridgehead atoms. The maximum absolute atomic E-state index is 12.2. The van der Waals surface area contributed by atoms with E-state index in [1.807, 2.05) is 30.3 Å². The Morgan fingerprint density at radius 2 is 2.00 bits per heavy atom. The van der Waals surface area contributed by atoms with Gasteiger partial charge in [-0.05, 0) is 24.8 Å². The van der Waals surface area contributed by atoms with Gasteiger partial charge < -0.3 is 5.11 Å². The summed E-state index contributed by atoms with van der Waals surface area (Å²) in [6.45, 7) is 0.314. The zero-order valence-corrected chi connectivity index (χ0v) is 11.3. The van der Waals surface area contributed by atoms with Crippen LogP contribution in [0.2, 0.25) is 0 Å². The first-order valence-corrected chi connectivity index (χ1v) is 7.88. The monoisotopic (exact) mass is 283 g/mol. The minimum absolute atomic E-state index is 0.0409. The van der Waals surface area contributed by atoms with Crippen LogP contribution in [0.3, 0.4) is 0 Å². The Bertz CT molecular complexity index is 541. The molecule has 1 heterocycles. The molecule has 1 aromatic carbocycles. The van der Waals surface area contributed by atoms with Gasteiger partial charge in [0.15, 0.2) is 0 Å².